The van der Waals surface area contributed by atoms with E-state index < -0.39 is 0 Å². The molecule has 1 heterocycles. The van der Waals surface area contributed by atoms with E-state index in [4.69, 9.17) is 0 Å². The number of unbranched alkanes of at least 4 members (excludes halogenated alkanes) is 4. The van der Waals surface area contributed by atoms with Gasteiger partial charge in [-0.2, -0.15) is 0 Å². The van der Waals surface area contributed by atoms with Crippen LogP contribution >= 0.6 is 11.8 Å². The van der Waals surface area contributed by atoms with Crippen LogP contribution in [0.1, 0.15) is 71.5 Å². The van der Waals surface area contributed by atoms with Crippen LogP contribution in [0.15, 0.2) is 35.4 Å². The minimum absolute atomic E-state index is 0.0327. The summed E-state index contributed by atoms with van der Waals surface area (Å²) in [6.45, 7) is 12.1. The van der Waals surface area contributed by atoms with Gasteiger partial charge in [-0.3, -0.25) is 4.79 Å². The summed E-state index contributed by atoms with van der Waals surface area (Å²) in [6, 6.07) is 10.6. The molecule has 0 spiro atoms. The van der Waals surface area contributed by atoms with Crippen molar-refractivity contribution in [2.24, 2.45) is 0 Å². The number of thioether (sulfide) groups is 1. The molecule has 1 aromatic carbocycles. The fraction of sp³-hybridized carbons (Fsp3) is 0.593. The first-order chi connectivity index (χ1) is 16.5. The van der Waals surface area contributed by atoms with E-state index in [9.17, 15) is 4.79 Å². The van der Waals surface area contributed by atoms with E-state index in [1.54, 1.807) is 11.8 Å². The molecule has 0 fully saturated rings. The molecule has 0 saturated heterocycles. The van der Waals surface area contributed by atoms with Gasteiger partial charge in [-0.05, 0) is 58.4 Å². The molecule has 0 bridgehead atoms. The predicted octanol–water partition coefficient (Wildman–Crippen LogP) is 6.55. The number of para-hydroxylation sites is 1. The van der Waals surface area contributed by atoms with Crippen molar-refractivity contribution >= 4 is 34.9 Å². The lowest BCUT2D eigenvalue weighted by molar-refractivity contribution is -0.116. The zero-order chi connectivity index (χ0) is 24.8. The number of anilines is 3. The summed E-state index contributed by atoms with van der Waals surface area (Å²) in [4.78, 5) is 26.7. The Morgan fingerprint density at radius 3 is 2.21 bits per heavy atom. The SMILES string of the molecule is CCCCCCN(CCCCC(=O)Nc1c(SC)nc(C)nc1N(CC)CC)c1ccccc1. The van der Waals surface area contributed by atoms with Gasteiger partial charge in [-0.15, -0.1) is 11.8 Å². The van der Waals surface area contributed by atoms with E-state index in [1.165, 1.54) is 31.4 Å². The van der Waals surface area contributed by atoms with E-state index >= 15 is 0 Å². The van der Waals surface area contributed by atoms with Crippen molar-refractivity contribution in [3.63, 3.8) is 0 Å². The number of nitrogens with zero attached hydrogens (tertiary/aromatic N) is 4. The highest BCUT2D eigenvalue weighted by Crippen LogP contribution is 2.32. The van der Waals surface area contributed by atoms with Crippen LogP contribution in [-0.4, -0.2) is 48.3 Å². The molecular weight excluding hydrogens is 442 g/mol. The number of rotatable bonds is 16. The molecule has 6 nitrogen and oxygen atoms in total. The Bertz CT molecular complexity index is 858. The molecule has 0 saturated carbocycles. The number of aryl methyl sites for hydroxylation is 1. The normalized spacial score (nSPS) is 10.9. The second kappa shape index (κ2) is 15.6. The fourth-order valence-corrected chi connectivity index (χ4v) is 4.64. The monoisotopic (exact) mass is 485 g/mol. The molecule has 0 aliphatic rings. The average molecular weight is 486 g/mol. The van der Waals surface area contributed by atoms with Gasteiger partial charge in [0.15, 0.2) is 5.82 Å². The molecule has 2 aromatic rings. The first kappa shape index (κ1) is 28.0. The number of benzene rings is 1. The number of hydrogen-bond acceptors (Lipinski definition) is 6. The van der Waals surface area contributed by atoms with Gasteiger partial charge in [-0.1, -0.05) is 44.4 Å². The van der Waals surface area contributed by atoms with Gasteiger partial charge in [-0.25, -0.2) is 9.97 Å². The lowest BCUT2D eigenvalue weighted by Crippen LogP contribution is -2.27. The minimum Gasteiger partial charge on any atom is -0.372 e. The summed E-state index contributed by atoms with van der Waals surface area (Å²) in [5.41, 5.74) is 2.02. The molecule has 34 heavy (non-hydrogen) atoms. The van der Waals surface area contributed by atoms with Gasteiger partial charge in [0.2, 0.25) is 5.91 Å². The topological polar surface area (TPSA) is 61.4 Å². The molecule has 1 N–H and O–H groups in total. The third kappa shape index (κ3) is 8.82. The predicted molar refractivity (Wildman–Crippen MR) is 147 cm³/mol. The first-order valence-corrected chi connectivity index (χ1v) is 14.0. The molecular formula is C27H43N5OS. The molecule has 0 unspecified atom stereocenters. The van der Waals surface area contributed by atoms with Crippen LogP contribution in [0.2, 0.25) is 0 Å². The van der Waals surface area contributed by atoms with E-state index in [2.05, 4.69) is 76.2 Å². The Morgan fingerprint density at radius 1 is 0.912 bits per heavy atom. The zero-order valence-electron chi connectivity index (χ0n) is 21.8. The lowest BCUT2D eigenvalue weighted by atomic mass is 10.1. The van der Waals surface area contributed by atoms with Crippen LogP contribution in [0.25, 0.3) is 0 Å². The number of amides is 1. The quantitative estimate of drug-likeness (QED) is 0.165. The van der Waals surface area contributed by atoms with Crippen LogP contribution in [0.3, 0.4) is 0 Å². The minimum atomic E-state index is 0.0327. The van der Waals surface area contributed by atoms with Crippen molar-refractivity contribution in [1.82, 2.24) is 9.97 Å². The lowest BCUT2D eigenvalue weighted by Gasteiger charge is -2.25. The maximum Gasteiger partial charge on any atom is 0.224 e. The molecule has 0 aliphatic carbocycles. The summed E-state index contributed by atoms with van der Waals surface area (Å²) >= 11 is 1.55. The second-order valence-electron chi connectivity index (χ2n) is 8.54. The molecule has 188 valence electrons. The van der Waals surface area contributed by atoms with E-state index in [0.717, 1.165) is 61.4 Å². The highest BCUT2D eigenvalue weighted by molar-refractivity contribution is 7.98. The van der Waals surface area contributed by atoms with Crippen LogP contribution in [0.4, 0.5) is 17.2 Å². The summed E-state index contributed by atoms with van der Waals surface area (Å²) in [5, 5.41) is 3.96. The van der Waals surface area contributed by atoms with Crippen molar-refractivity contribution in [2.75, 3.05) is 47.6 Å². The zero-order valence-corrected chi connectivity index (χ0v) is 22.6. The van der Waals surface area contributed by atoms with Gasteiger partial charge in [0.05, 0.1) is 0 Å². The summed E-state index contributed by atoms with van der Waals surface area (Å²) in [6.07, 6.45) is 9.35. The van der Waals surface area contributed by atoms with E-state index in [1.807, 2.05) is 13.2 Å². The van der Waals surface area contributed by atoms with E-state index in [-0.39, 0.29) is 5.91 Å². The smallest absolute Gasteiger partial charge is 0.224 e. The molecule has 0 aliphatic heterocycles. The van der Waals surface area contributed by atoms with Gasteiger partial charge in [0.1, 0.15) is 16.5 Å². The summed E-state index contributed by atoms with van der Waals surface area (Å²) in [5.74, 6) is 1.58. The fourth-order valence-electron chi connectivity index (χ4n) is 4.07. The van der Waals surface area contributed by atoms with Crippen LogP contribution < -0.4 is 15.1 Å². The van der Waals surface area contributed by atoms with Crippen LogP contribution in [-0.2, 0) is 4.79 Å². The number of aromatic nitrogens is 2. The van der Waals surface area contributed by atoms with Crippen molar-refractivity contribution in [3.05, 3.63) is 36.2 Å². The van der Waals surface area contributed by atoms with Crippen molar-refractivity contribution in [3.8, 4) is 0 Å². The number of carbonyl (C=O) groups is 1. The largest absolute Gasteiger partial charge is 0.372 e. The Morgan fingerprint density at radius 2 is 1.59 bits per heavy atom. The van der Waals surface area contributed by atoms with Crippen molar-refractivity contribution < 1.29 is 4.79 Å². The van der Waals surface area contributed by atoms with Crippen molar-refractivity contribution in [1.29, 1.82) is 0 Å². The Balaban J connectivity index is 1.95. The first-order valence-electron chi connectivity index (χ1n) is 12.8. The maximum atomic E-state index is 12.9. The molecule has 0 atom stereocenters. The maximum absolute atomic E-state index is 12.9. The highest BCUT2D eigenvalue weighted by atomic mass is 32.2. The van der Waals surface area contributed by atoms with Crippen molar-refractivity contribution in [2.45, 2.75) is 77.7 Å². The Hall–Kier alpha value is -2.28. The Kier molecular flexibility index (Phi) is 12.8. The highest BCUT2D eigenvalue weighted by Gasteiger charge is 2.19. The van der Waals surface area contributed by atoms with Gasteiger partial charge in [0, 0.05) is 38.3 Å². The molecule has 7 heteroatoms. The third-order valence-corrected chi connectivity index (χ3v) is 6.66. The number of hydrogen-bond donors (Lipinski definition) is 1. The summed E-state index contributed by atoms with van der Waals surface area (Å²) < 4.78 is 0. The summed E-state index contributed by atoms with van der Waals surface area (Å²) in [7, 11) is 0. The van der Waals surface area contributed by atoms with Crippen LogP contribution in [0.5, 0.6) is 0 Å². The van der Waals surface area contributed by atoms with Gasteiger partial charge >= 0.3 is 0 Å². The van der Waals surface area contributed by atoms with Gasteiger partial charge in [0.25, 0.3) is 0 Å². The molecule has 2 rings (SSSR count). The molecule has 1 aromatic heterocycles. The number of carbonyl (C=O) groups excluding carboxylic acids is 1. The standard InChI is InChI=1S/C27H43N5OS/c1-6-9-10-15-20-32(23-17-12-11-13-18-23)21-16-14-19-24(33)30-25-26(31(7-2)8-3)28-22(4)29-27(25)34-5/h11-13,17-18H,6-10,14-16,19-21H2,1-5H3,(H,30,33). The molecule has 0 radical (unpaired) electrons. The van der Waals surface area contributed by atoms with Crippen LogP contribution in [0, 0.1) is 6.92 Å². The number of nitrogens with one attached hydrogen (secondary N) is 1. The van der Waals surface area contributed by atoms with E-state index in [0.29, 0.717) is 6.42 Å². The Labute approximate surface area is 210 Å². The average Bonchev–Trinajstić information content (AvgIpc) is 2.85. The third-order valence-electron chi connectivity index (χ3n) is 5.97. The van der Waals surface area contributed by atoms with Gasteiger partial charge < -0.3 is 15.1 Å². The molecule has 1 amide bonds. The second-order valence-corrected chi connectivity index (χ2v) is 9.33.